The van der Waals surface area contributed by atoms with Gasteiger partial charge < -0.3 is 14.8 Å². The Morgan fingerprint density at radius 3 is 2.55 bits per heavy atom. The summed E-state index contributed by atoms with van der Waals surface area (Å²) >= 11 is 16.1. The quantitative estimate of drug-likeness (QED) is 0.448. The molecule has 2 N–H and O–H groups in total. The van der Waals surface area contributed by atoms with Crippen LogP contribution in [0.1, 0.15) is 10.4 Å². The molecule has 0 saturated carbocycles. The number of nitrogens with zero attached hydrogens (tertiary/aromatic N) is 1. The number of methoxy groups -OCH3 is 2. The number of ether oxygens (including phenoxy) is 2. The van der Waals surface area contributed by atoms with Gasteiger partial charge in [-0.1, -0.05) is 11.6 Å². The molecule has 150 valence electrons. The van der Waals surface area contributed by atoms with E-state index in [0.717, 1.165) is 21.5 Å². The minimum absolute atomic E-state index is 0.138. The van der Waals surface area contributed by atoms with Crippen molar-refractivity contribution in [3.63, 3.8) is 0 Å². The van der Waals surface area contributed by atoms with E-state index in [4.69, 9.17) is 33.3 Å². The second kappa shape index (κ2) is 9.53. The summed E-state index contributed by atoms with van der Waals surface area (Å²) in [4.78, 5) is 16.9. The van der Waals surface area contributed by atoms with Crippen LogP contribution < -0.4 is 20.1 Å². The topological polar surface area (TPSA) is 72.5 Å². The lowest BCUT2D eigenvalue weighted by molar-refractivity contribution is 0.0977. The van der Waals surface area contributed by atoms with Gasteiger partial charge in [-0.2, -0.15) is 0 Å². The SMILES string of the molecule is COc1ccc(C(=O)NC(=S)Nc2nc(-c3ccc(OC)c(Br)c3)cs2)cc1Cl. The molecule has 29 heavy (non-hydrogen) atoms. The summed E-state index contributed by atoms with van der Waals surface area (Å²) < 4.78 is 11.2. The van der Waals surface area contributed by atoms with Crippen LogP contribution in [0.5, 0.6) is 11.5 Å². The highest BCUT2D eigenvalue weighted by Gasteiger charge is 2.13. The van der Waals surface area contributed by atoms with Crippen LogP contribution in [0.15, 0.2) is 46.3 Å². The molecule has 3 aromatic rings. The predicted octanol–water partition coefficient (Wildman–Crippen LogP) is 5.37. The number of thiazole rings is 1. The highest BCUT2D eigenvalue weighted by Crippen LogP contribution is 2.32. The Hall–Kier alpha value is -2.20. The van der Waals surface area contributed by atoms with Crippen LogP contribution in [-0.4, -0.2) is 30.2 Å². The number of rotatable bonds is 5. The third-order valence-corrected chi connectivity index (χ3v) is 5.69. The molecule has 3 rings (SSSR count). The van der Waals surface area contributed by atoms with Crippen LogP contribution in [0.4, 0.5) is 5.13 Å². The van der Waals surface area contributed by atoms with E-state index in [0.29, 0.717) is 21.5 Å². The molecule has 1 heterocycles. The van der Waals surface area contributed by atoms with Crippen LogP contribution in [-0.2, 0) is 0 Å². The van der Waals surface area contributed by atoms with Crippen LogP contribution in [0.2, 0.25) is 5.02 Å². The number of aromatic nitrogens is 1. The first-order valence-corrected chi connectivity index (χ1v) is 10.6. The molecule has 0 spiro atoms. The van der Waals surface area contributed by atoms with Gasteiger partial charge in [0.2, 0.25) is 0 Å². The number of anilines is 1. The average Bonchev–Trinajstić information content (AvgIpc) is 3.16. The maximum Gasteiger partial charge on any atom is 0.257 e. The fraction of sp³-hybridized carbons (Fsp3) is 0.105. The molecule has 6 nitrogen and oxygen atoms in total. The zero-order chi connectivity index (χ0) is 21.0. The van der Waals surface area contributed by atoms with E-state index in [9.17, 15) is 4.79 Å². The van der Waals surface area contributed by atoms with Gasteiger partial charge >= 0.3 is 0 Å². The Morgan fingerprint density at radius 2 is 1.90 bits per heavy atom. The Bertz CT molecular complexity index is 1070. The van der Waals surface area contributed by atoms with Crippen molar-refractivity contribution in [1.82, 2.24) is 10.3 Å². The molecule has 0 radical (unpaired) electrons. The van der Waals surface area contributed by atoms with Crippen molar-refractivity contribution >= 4 is 67.2 Å². The maximum absolute atomic E-state index is 12.3. The van der Waals surface area contributed by atoms with Crippen molar-refractivity contribution < 1.29 is 14.3 Å². The van der Waals surface area contributed by atoms with Gasteiger partial charge in [-0.15, -0.1) is 11.3 Å². The van der Waals surface area contributed by atoms with E-state index in [2.05, 4.69) is 31.5 Å². The van der Waals surface area contributed by atoms with Gasteiger partial charge in [0.25, 0.3) is 5.91 Å². The van der Waals surface area contributed by atoms with Gasteiger partial charge in [0.15, 0.2) is 10.2 Å². The molecule has 10 heteroatoms. The predicted molar refractivity (Wildman–Crippen MR) is 123 cm³/mol. The molecule has 0 unspecified atom stereocenters. The smallest absolute Gasteiger partial charge is 0.257 e. The van der Waals surface area contributed by atoms with E-state index in [1.807, 2.05) is 23.6 Å². The van der Waals surface area contributed by atoms with Crippen LogP contribution >= 0.6 is 51.1 Å². The molecule has 0 aliphatic rings. The van der Waals surface area contributed by atoms with Gasteiger partial charge in [-0.3, -0.25) is 10.1 Å². The summed E-state index contributed by atoms with van der Waals surface area (Å²) in [5.74, 6) is 0.845. The van der Waals surface area contributed by atoms with E-state index >= 15 is 0 Å². The summed E-state index contributed by atoms with van der Waals surface area (Å²) in [7, 11) is 3.12. The summed E-state index contributed by atoms with van der Waals surface area (Å²) in [5.41, 5.74) is 2.06. The van der Waals surface area contributed by atoms with Crippen molar-refractivity contribution in [2.45, 2.75) is 0 Å². The van der Waals surface area contributed by atoms with Gasteiger partial charge in [-0.25, -0.2) is 4.98 Å². The Kier molecular flexibility index (Phi) is 7.07. The highest BCUT2D eigenvalue weighted by molar-refractivity contribution is 9.10. The van der Waals surface area contributed by atoms with Crippen LogP contribution in [0.25, 0.3) is 11.3 Å². The molecular weight excluding hydrogens is 498 g/mol. The minimum atomic E-state index is -0.386. The number of thiocarbonyl (C=S) groups is 1. The first kappa shape index (κ1) is 21.5. The first-order valence-electron chi connectivity index (χ1n) is 8.16. The van der Waals surface area contributed by atoms with Crippen molar-refractivity contribution in [3.05, 3.63) is 56.8 Å². The molecule has 1 amide bonds. The summed E-state index contributed by atoms with van der Waals surface area (Å²) in [6.45, 7) is 0. The van der Waals surface area contributed by atoms with Crippen molar-refractivity contribution in [2.75, 3.05) is 19.5 Å². The van der Waals surface area contributed by atoms with E-state index in [-0.39, 0.29) is 11.0 Å². The third-order valence-electron chi connectivity index (χ3n) is 3.81. The lowest BCUT2D eigenvalue weighted by Crippen LogP contribution is -2.34. The monoisotopic (exact) mass is 511 g/mol. The maximum atomic E-state index is 12.3. The minimum Gasteiger partial charge on any atom is -0.496 e. The molecule has 0 saturated heterocycles. The van der Waals surface area contributed by atoms with E-state index < -0.39 is 0 Å². The molecule has 0 aliphatic heterocycles. The number of hydrogen-bond acceptors (Lipinski definition) is 6. The van der Waals surface area contributed by atoms with Gasteiger partial charge in [-0.05, 0) is 64.5 Å². The zero-order valence-electron chi connectivity index (χ0n) is 15.3. The van der Waals surface area contributed by atoms with Crippen molar-refractivity contribution in [3.8, 4) is 22.8 Å². The van der Waals surface area contributed by atoms with Crippen molar-refractivity contribution in [2.24, 2.45) is 0 Å². The average molecular weight is 513 g/mol. The van der Waals surface area contributed by atoms with Gasteiger partial charge in [0.05, 0.1) is 29.4 Å². The van der Waals surface area contributed by atoms with Crippen molar-refractivity contribution in [1.29, 1.82) is 0 Å². The zero-order valence-corrected chi connectivity index (χ0v) is 19.3. The molecule has 0 bridgehead atoms. The van der Waals surface area contributed by atoms with E-state index in [1.165, 1.54) is 24.5 Å². The Morgan fingerprint density at radius 1 is 1.17 bits per heavy atom. The summed E-state index contributed by atoms with van der Waals surface area (Å²) in [5, 5.41) is 8.46. The normalized spacial score (nSPS) is 10.3. The van der Waals surface area contributed by atoms with Crippen LogP contribution in [0.3, 0.4) is 0 Å². The standard InChI is InChI=1S/C19H15BrClN3O3S2/c1-26-15-5-3-10(7-12(15)20)14-9-29-19(22-14)24-18(28)23-17(25)11-4-6-16(27-2)13(21)8-11/h3-9H,1-2H3,(H2,22,23,24,25,28). The van der Waals surface area contributed by atoms with Gasteiger partial charge in [0.1, 0.15) is 11.5 Å². The second-order valence-corrected chi connectivity index (χ2v) is 8.17. The number of carbonyl (C=O) groups is 1. The second-order valence-electron chi connectivity index (χ2n) is 5.64. The largest absolute Gasteiger partial charge is 0.496 e. The Labute approximate surface area is 190 Å². The fourth-order valence-electron chi connectivity index (χ4n) is 2.40. The number of carbonyl (C=O) groups excluding carboxylic acids is 1. The first-order chi connectivity index (χ1) is 13.9. The molecular formula is C19H15BrClN3O3S2. The molecule has 2 aromatic carbocycles. The summed E-state index contributed by atoms with van der Waals surface area (Å²) in [6, 6.07) is 10.4. The molecule has 0 atom stereocenters. The highest BCUT2D eigenvalue weighted by atomic mass is 79.9. The van der Waals surface area contributed by atoms with E-state index in [1.54, 1.807) is 19.2 Å². The summed E-state index contributed by atoms with van der Waals surface area (Å²) in [6.07, 6.45) is 0. The van der Waals surface area contributed by atoms with Crippen LogP contribution in [0, 0.1) is 0 Å². The number of nitrogens with one attached hydrogen (secondary N) is 2. The lowest BCUT2D eigenvalue weighted by Gasteiger charge is -2.09. The lowest BCUT2D eigenvalue weighted by atomic mass is 10.2. The van der Waals surface area contributed by atoms with Gasteiger partial charge in [0, 0.05) is 16.5 Å². The number of hydrogen-bond donors (Lipinski definition) is 2. The third kappa shape index (κ3) is 5.24. The Balaban J connectivity index is 1.65. The number of benzene rings is 2. The number of amides is 1. The molecule has 0 fully saturated rings. The molecule has 0 aliphatic carbocycles. The fourth-order valence-corrected chi connectivity index (χ4v) is 4.18. The molecule has 1 aromatic heterocycles. The number of halogens is 2.